The fourth-order valence-electron chi connectivity index (χ4n) is 2.24. The molecule has 1 fully saturated rings. The van der Waals surface area contributed by atoms with E-state index in [0.717, 1.165) is 0 Å². The second-order valence-corrected chi connectivity index (χ2v) is 4.75. The first-order valence-electron chi connectivity index (χ1n) is 5.93. The molecule has 0 aromatic heterocycles. The van der Waals surface area contributed by atoms with E-state index in [4.69, 9.17) is 11.0 Å². The largest absolute Gasteiger partial charge is 0.394 e. The molecule has 0 aliphatic carbocycles. The van der Waals surface area contributed by atoms with Gasteiger partial charge in [-0.15, -0.1) is 0 Å². The number of rotatable bonds is 2. The Morgan fingerprint density at radius 3 is 2.67 bits per heavy atom. The summed E-state index contributed by atoms with van der Waals surface area (Å²) in [6, 6.07) is 6.52. The van der Waals surface area contributed by atoms with E-state index in [0.29, 0.717) is 31.6 Å². The minimum atomic E-state index is -0.545. The summed E-state index contributed by atoms with van der Waals surface area (Å²) >= 11 is 0. The molecule has 0 saturated carbocycles. The summed E-state index contributed by atoms with van der Waals surface area (Å²) in [5.74, 6) is -0.498. The van der Waals surface area contributed by atoms with Crippen molar-refractivity contribution in [2.45, 2.75) is 18.4 Å². The van der Waals surface area contributed by atoms with Gasteiger partial charge >= 0.3 is 0 Å². The molecule has 0 bridgehead atoms. The lowest BCUT2D eigenvalue weighted by molar-refractivity contribution is 0.170. The number of aliphatic hydroxyl groups excluding tert-OH is 1. The van der Waals surface area contributed by atoms with Gasteiger partial charge in [0.05, 0.1) is 12.3 Å². The quantitative estimate of drug-likeness (QED) is 0.819. The van der Waals surface area contributed by atoms with Crippen LogP contribution in [0.4, 0.5) is 10.1 Å². The number of hydrogen-bond donors (Lipinski definition) is 2. The van der Waals surface area contributed by atoms with Crippen molar-refractivity contribution in [3.8, 4) is 6.07 Å². The van der Waals surface area contributed by atoms with Crippen LogP contribution in [0.3, 0.4) is 0 Å². The van der Waals surface area contributed by atoms with Crippen molar-refractivity contribution >= 4 is 5.69 Å². The highest BCUT2D eigenvalue weighted by Gasteiger charge is 2.30. The summed E-state index contributed by atoms with van der Waals surface area (Å²) < 4.78 is 13.5. The second kappa shape index (κ2) is 4.92. The van der Waals surface area contributed by atoms with Crippen LogP contribution >= 0.6 is 0 Å². The minimum absolute atomic E-state index is 0.0465. The number of nitriles is 1. The summed E-state index contributed by atoms with van der Waals surface area (Å²) in [7, 11) is 0. The third-order valence-corrected chi connectivity index (χ3v) is 3.52. The standard InChI is InChI=1S/C13H16FN3O/c14-11-2-1-3-12(10(11)8-15)17-6-4-13(16,9-18)5-7-17/h1-3,18H,4-7,9,16H2. The molecule has 4 nitrogen and oxygen atoms in total. The van der Waals surface area contributed by atoms with Crippen LogP contribution < -0.4 is 10.6 Å². The van der Waals surface area contributed by atoms with Crippen molar-refractivity contribution in [3.63, 3.8) is 0 Å². The monoisotopic (exact) mass is 249 g/mol. The molecule has 96 valence electrons. The van der Waals surface area contributed by atoms with E-state index >= 15 is 0 Å². The fraction of sp³-hybridized carbons (Fsp3) is 0.462. The van der Waals surface area contributed by atoms with Gasteiger partial charge in [0.1, 0.15) is 17.4 Å². The van der Waals surface area contributed by atoms with Gasteiger partial charge in [0.15, 0.2) is 0 Å². The average molecular weight is 249 g/mol. The zero-order valence-electron chi connectivity index (χ0n) is 10.1. The van der Waals surface area contributed by atoms with Gasteiger partial charge in [-0.2, -0.15) is 5.26 Å². The van der Waals surface area contributed by atoms with Crippen molar-refractivity contribution in [2.75, 3.05) is 24.6 Å². The van der Waals surface area contributed by atoms with Gasteiger partial charge in [0.25, 0.3) is 0 Å². The number of nitrogens with two attached hydrogens (primary N) is 1. The molecule has 1 aromatic rings. The Morgan fingerprint density at radius 1 is 1.44 bits per heavy atom. The molecule has 3 N–H and O–H groups in total. The molecule has 5 heteroatoms. The van der Waals surface area contributed by atoms with Crippen LogP contribution in [0.25, 0.3) is 0 Å². The third-order valence-electron chi connectivity index (χ3n) is 3.52. The minimum Gasteiger partial charge on any atom is -0.394 e. The van der Waals surface area contributed by atoms with Crippen molar-refractivity contribution in [3.05, 3.63) is 29.6 Å². The molecule has 0 spiro atoms. The van der Waals surface area contributed by atoms with Crippen molar-refractivity contribution < 1.29 is 9.50 Å². The number of halogens is 1. The smallest absolute Gasteiger partial charge is 0.143 e. The van der Waals surface area contributed by atoms with E-state index in [1.807, 2.05) is 11.0 Å². The lowest BCUT2D eigenvalue weighted by Crippen LogP contribution is -2.53. The van der Waals surface area contributed by atoms with Gasteiger partial charge in [0, 0.05) is 18.6 Å². The van der Waals surface area contributed by atoms with Crippen molar-refractivity contribution in [2.24, 2.45) is 5.73 Å². The van der Waals surface area contributed by atoms with Crippen LogP contribution in [-0.4, -0.2) is 30.3 Å². The van der Waals surface area contributed by atoms with E-state index in [1.54, 1.807) is 12.1 Å². The van der Waals surface area contributed by atoms with Gasteiger partial charge in [-0.1, -0.05) is 6.07 Å². The Bertz CT molecular complexity index is 476. The lowest BCUT2D eigenvalue weighted by Gasteiger charge is -2.39. The maximum atomic E-state index is 13.5. The SMILES string of the molecule is N#Cc1c(F)cccc1N1CCC(N)(CO)CC1. The fourth-order valence-corrected chi connectivity index (χ4v) is 2.24. The summed E-state index contributed by atoms with van der Waals surface area (Å²) in [6.07, 6.45) is 1.26. The van der Waals surface area contributed by atoms with E-state index in [9.17, 15) is 9.50 Å². The highest BCUT2D eigenvalue weighted by atomic mass is 19.1. The molecule has 0 atom stereocenters. The van der Waals surface area contributed by atoms with Crippen molar-refractivity contribution in [1.82, 2.24) is 0 Å². The van der Waals surface area contributed by atoms with E-state index in [1.165, 1.54) is 6.07 Å². The van der Waals surface area contributed by atoms with Crippen LogP contribution in [0.2, 0.25) is 0 Å². The number of aliphatic hydroxyl groups is 1. The zero-order valence-corrected chi connectivity index (χ0v) is 10.1. The Labute approximate surface area is 105 Å². The zero-order chi connectivity index (χ0) is 13.2. The average Bonchev–Trinajstić information content (AvgIpc) is 2.39. The summed E-state index contributed by atoms with van der Waals surface area (Å²) in [5.41, 5.74) is 6.12. The summed E-state index contributed by atoms with van der Waals surface area (Å²) in [5, 5.41) is 18.2. The molecule has 0 radical (unpaired) electrons. The first kappa shape index (κ1) is 12.8. The second-order valence-electron chi connectivity index (χ2n) is 4.75. The van der Waals surface area contributed by atoms with Gasteiger partial charge < -0.3 is 15.7 Å². The molecule has 0 amide bonds. The van der Waals surface area contributed by atoms with E-state index < -0.39 is 11.4 Å². The molecule has 18 heavy (non-hydrogen) atoms. The van der Waals surface area contributed by atoms with Crippen LogP contribution in [0.1, 0.15) is 18.4 Å². The van der Waals surface area contributed by atoms with Crippen LogP contribution in [-0.2, 0) is 0 Å². The maximum absolute atomic E-state index is 13.5. The Hall–Kier alpha value is -1.64. The topological polar surface area (TPSA) is 73.3 Å². The number of piperidine rings is 1. The third kappa shape index (κ3) is 2.30. The predicted octanol–water partition coefficient (Wildman–Crippen LogP) is 0.987. The van der Waals surface area contributed by atoms with E-state index in [-0.39, 0.29) is 12.2 Å². The molecular formula is C13H16FN3O. The molecular weight excluding hydrogens is 233 g/mol. The molecule has 0 unspecified atom stereocenters. The Kier molecular flexibility index (Phi) is 3.50. The number of anilines is 1. The normalized spacial score (nSPS) is 18.4. The molecule has 1 aromatic carbocycles. The van der Waals surface area contributed by atoms with Gasteiger partial charge in [0.2, 0.25) is 0 Å². The maximum Gasteiger partial charge on any atom is 0.143 e. The first-order chi connectivity index (χ1) is 8.59. The molecule has 1 saturated heterocycles. The Balaban J connectivity index is 2.21. The summed E-state index contributed by atoms with van der Waals surface area (Å²) in [6.45, 7) is 1.19. The van der Waals surface area contributed by atoms with Crippen LogP contribution in [0.5, 0.6) is 0 Å². The van der Waals surface area contributed by atoms with Gasteiger partial charge in [-0.3, -0.25) is 0 Å². The van der Waals surface area contributed by atoms with Gasteiger partial charge in [-0.05, 0) is 25.0 Å². The number of benzene rings is 1. The molecule has 1 aliphatic heterocycles. The Morgan fingerprint density at radius 2 is 2.11 bits per heavy atom. The number of hydrogen-bond acceptors (Lipinski definition) is 4. The van der Waals surface area contributed by atoms with E-state index in [2.05, 4.69) is 0 Å². The highest BCUT2D eigenvalue weighted by molar-refractivity contribution is 5.60. The molecule has 1 heterocycles. The van der Waals surface area contributed by atoms with Crippen LogP contribution in [0, 0.1) is 17.1 Å². The predicted molar refractivity (Wildman–Crippen MR) is 66.6 cm³/mol. The first-order valence-corrected chi connectivity index (χ1v) is 5.93. The lowest BCUT2D eigenvalue weighted by atomic mass is 9.89. The molecule has 2 rings (SSSR count). The van der Waals surface area contributed by atoms with Crippen molar-refractivity contribution in [1.29, 1.82) is 5.26 Å². The van der Waals surface area contributed by atoms with Gasteiger partial charge in [-0.25, -0.2) is 4.39 Å². The van der Waals surface area contributed by atoms with Crippen LogP contribution in [0.15, 0.2) is 18.2 Å². The highest BCUT2D eigenvalue weighted by Crippen LogP contribution is 2.28. The molecule has 1 aliphatic rings. The summed E-state index contributed by atoms with van der Waals surface area (Å²) in [4.78, 5) is 1.95. The number of nitrogens with zero attached hydrogens (tertiary/aromatic N) is 2.